The average molecular weight is 232 g/mol. The summed E-state index contributed by atoms with van der Waals surface area (Å²) in [5.41, 5.74) is 0. The van der Waals surface area contributed by atoms with Crippen LogP contribution in [0.5, 0.6) is 0 Å². The zero-order valence-electron chi connectivity index (χ0n) is 10.7. The summed E-state index contributed by atoms with van der Waals surface area (Å²) >= 11 is 0. The topological polar surface area (TPSA) is 48.1 Å². The summed E-state index contributed by atoms with van der Waals surface area (Å²) in [6.07, 6.45) is 2.51. The van der Waals surface area contributed by atoms with Crippen molar-refractivity contribution < 1.29 is 0 Å². The van der Waals surface area contributed by atoms with Crippen molar-refractivity contribution in [2.24, 2.45) is 5.92 Å². The van der Waals surface area contributed by atoms with Crippen LogP contribution < -0.4 is 20.3 Å². The van der Waals surface area contributed by atoms with Crippen LogP contribution in [-0.2, 0) is 0 Å². The standard InChI is InChI=1S/C10H28N4Si/c1-10(2)9-13-7-5-6-8-14-15(11-3)12-4/h10-15H,5-9H2,1-4H3. The van der Waals surface area contributed by atoms with Gasteiger partial charge in [-0.05, 0) is 52.5 Å². The third kappa shape index (κ3) is 10.3. The molecule has 0 aromatic rings. The molecule has 5 heteroatoms. The summed E-state index contributed by atoms with van der Waals surface area (Å²) in [6.45, 7) is 7.88. The Morgan fingerprint density at radius 2 is 1.60 bits per heavy atom. The molecule has 0 saturated carbocycles. The Kier molecular flexibility index (Phi) is 10.6. The van der Waals surface area contributed by atoms with E-state index in [4.69, 9.17) is 0 Å². The molecular formula is C10H28N4Si. The highest BCUT2D eigenvalue weighted by Crippen LogP contribution is 1.89. The maximum Gasteiger partial charge on any atom is 0.264 e. The summed E-state index contributed by atoms with van der Waals surface area (Å²) in [4.78, 5) is 10.0. The fraction of sp³-hybridized carbons (Fsp3) is 1.00. The summed E-state index contributed by atoms with van der Waals surface area (Å²) in [5.74, 6) is 0.758. The molecule has 0 bridgehead atoms. The van der Waals surface area contributed by atoms with E-state index >= 15 is 0 Å². The van der Waals surface area contributed by atoms with Gasteiger partial charge >= 0.3 is 0 Å². The highest BCUT2D eigenvalue weighted by molar-refractivity contribution is 6.50. The van der Waals surface area contributed by atoms with Gasteiger partial charge in [-0.25, -0.2) is 0 Å². The summed E-state index contributed by atoms with van der Waals surface area (Å²) in [7, 11) is 2.97. The summed E-state index contributed by atoms with van der Waals surface area (Å²) in [6, 6.07) is 0. The molecular weight excluding hydrogens is 204 g/mol. The van der Waals surface area contributed by atoms with Crippen molar-refractivity contribution >= 4 is 9.28 Å². The van der Waals surface area contributed by atoms with Crippen LogP contribution >= 0.6 is 0 Å². The van der Waals surface area contributed by atoms with E-state index in [0.717, 1.165) is 25.6 Å². The molecule has 0 amide bonds. The van der Waals surface area contributed by atoms with Crippen molar-refractivity contribution in [1.29, 1.82) is 0 Å². The fourth-order valence-electron chi connectivity index (χ4n) is 1.36. The summed E-state index contributed by atoms with van der Waals surface area (Å²) in [5, 5.41) is 3.45. The first kappa shape index (κ1) is 15.1. The van der Waals surface area contributed by atoms with Gasteiger partial charge in [0, 0.05) is 0 Å². The predicted octanol–water partition coefficient (Wildman–Crippen LogP) is -0.242. The molecule has 0 atom stereocenters. The molecule has 0 saturated heterocycles. The van der Waals surface area contributed by atoms with Crippen molar-refractivity contribution in [1.82, 2.24) is 20.3 Å². The lowest BCUT2D eigenvalue weighted by Gasteiger charge is -2.14. The zero-order chi connectivity index (χ0) is 11.5. The average Bonchev–Trinajstić information content (AvgIpc) is 2.22. The molecule has 0 aromatic carbocycles. The van der Waals surface area contributed by atoms with Gasteiger partial charge in [0.2, 0.25) is 0 Å². The summed E-state index contributed by atoms with van der Waals surface area (Å²) < 4.78 is 0. The molecule has 0 radical (unpaired) electrons. The van der Waals surface area contributed by atoms with Gasteiger partial charge in [-0.1, -0.05) is 13.8 Å². The van der Waals surface area contributed by atoms with Gasteiger partial charge < -0.3 is 20.3 Å². The van der Waals surface area contributed by atoms with Crippen LogP contribution in [0.4, 0.5) is 0 Å². The van der Waals surface area contributed by atoms with Gasteiger partial charge in [-0.15, -0.1) is 0 Å². The van der Waals surface area contributed by atoms with Gasteiger partial charge in [0.15, 0.2) is 0 Å². The lowest BCUT2D eigenvalue weighted by molar-refractivity contribution is 0.534. The quantitative estimate of drug-likeness (QED) is 0.310. The van der Waals surface area contributed by atoms with E-state index in [2.05, 4.69) is 34.1 Å². The van der Waals surface area contributed by atoms with E-state index in [9.17, 15) is 0 Å². The Hall–Kier alpha value is 0.0569. The Morgan fingerprint density at radius 1 is 1.00 bits per heavy atom. The highest BCUT2D eigenvalue weighted by atomic mass is 28.3. The minimum absolute atomic E-state index is 0.758. The van der Waals surface area contributed by atoms with Crippen molar-refractivity contribution in [3.8, 4) is 0 Å². The molecule has 4 N–H and O–H groups in total. The normalized spacial score (nSPS) is 11.6. The van der Waals surface area contributed by atoms with Gasteiger partial charge in [-0.2, -0.15) is 0 Å². The van der Waals surface area contributed by atoms with Crippen molar-refractivity contribution in [2.45, 2.75) is 26.7 Å². The number of nitrogens with one attached hydrogen (secondary N) is 4. The van der Waals surface area contributed by atoms with Crippen molar-refractivity contribution in [3.63, 3.8) is 0 Å². The van der Waals surface area contributed by atoms with E-state index in [1.807, 2.05) is 14.1 Å². The van der Waals surface area contributed by atoms with E-state index in [1.165, 1.54) is 12.8 Å². The van der Waals surface area contributed by atoms with Crippen molar-refractivity contribution in [2.75, 3.05) is 33.7 Å². The van der Waals surface area contributed by atoms with E-state index in [0.29, 0.717) is 0 Å². The smallest absolute Gasteiger partial charge is 0.264 e. The first-order valence-electron chi connectivity index (χ1n) is 5.99. The van der Waals surface area contributed by atoms with Crippen LogP contribution in [-0.4, -0.2) is 43.0 Å². The minimum atomic E-state index is -1.04. The number of hydrogen-bond acceptors (Lipinski definition) is 4. The maximum absolute atomic E-state index is 3.51. The van der Waals surface area contributed by atoms with Crippen LogP contribution in [0.15, 0.2) is 0 Å². The Morgan fingerprint density at radius 3 is 2.13 bits per heavy atom. The minimum Gasteiger partial charge on any atom is -0.319 e. The fourth-order valence-corrected chi connectivity index (χ4v) is 2.55. The molecule has 0 aliphatic carbocycles. The largest absolute Gasteiger partial charge is 0.319 e. The van der Waals surface area contributed by atoms with E-state index < -0.39 is 9.28 Å². The molecule has 0 heterocycles. The van der Waals surface area contributed by atoms with Gasteiger partial charge in [0.25, 0.3) is 9.28 Å². The molecule has 0 aliphatic rings. The number of hydrogen-bond donors (Lipinski definition) is 4. The molecule has 4 nitrogen and oxygen atoms in total. The monoisotopic (exact) mass is 232 g/mol. The van der Waals surface area contributed by atoms with Crippen molar-refractivity contribution in [3.05, 3.63) is 0 Å². The lowest BCUT2D eigenvalue weighted by atomic mass is 10.2. The van der Waals surface area contributed by atoms with E-state index in [1.54, 1.807) is 0 Å². The SMILES string of the molecule is CN[SiH](NC)NCCCCNCC(C)C. The molecule has 0 rings (SSSR count). The molecule has 0 unspecified atom stereocenters. The lowest BCUT2D eigenvalue weighted by Crippen LogP contribution is -2.55. The Labute approximate surface area is 96.4 Å². The molecule has 0 aromatic heterocycles. The Bertz CT molecular complexity index is 129. The van der Waals surface area contributed by atoms with Crippen LogP contribution in [0.25, 0.3) is 0 Å². The van der Waals surface area contributed by atoms with Gasteiger partial charge in [-0.3, -0.25) is 0 Å². The number of unbranched alkanes of at least 4 members (excludes halogenated alkanes) is 1. The maximum atomic E-state index is 3.51. The molecule has 15 heavy (non-hydrogen) atoms. The van der Waals surface area contributed by atoms with Crippen LogP contribution in [0.3, 0.4) is 0 Å². The highest BCUT2D eigenvalue weighted by Gasteiger charge is 2.02. The second kappa shape index (κ2) is 10.6. The molecule has 0 aliphatic heterocycles. The first-order valence-corrected chi connectivity index (χ1v) is 7.72. The predicted molar refractivity (Wildman–Crippen MR) is 70.2 cm³/mol. The van der Waals surface area contributed by atoms with Gasteiger partial charge in [0.1, 0.15) is 0 Å². The molecule has 92 valence electrons. The zero-order valence-corrected chi connectivity index (χ0v) is 11.8. The molecule has 0 fully saturated rings. The third-order valence-corrected chi connectivity index (χ3v) is 4.11. The third-order valence-electron chi connectivity index (χ3n) is 2.26. The first-order chi connectivity index (χ1) is 7.20. The van der Waals surface area contributed by atoms with Crippen LogP contribution in [0.2, 0.25) is 0 Å². The second-order valence-electron chi connectivity index (χ2n) is 4.27. The molecule has 0 spiro atoms. The van der Waals surface area contributed by atoms with Crippen LogP contribution in [0, 0.1) is 5.92 Å². The van der Waals surface area contributed by atoms with Crippen LogP contribution in [0.1, 0.15) is 26.7 Å². The van der Waals surface area contributed by atoms with E-state index in [-0.39, 0.29) is 0 Å². The number of rotatable bonds is 10. The Balaban J connectivity index is 3.10. The second-order valence-corrected chi connectivity index (χ2v) is 6.70. The van der Waals surface area contributed by atoms with Gasteiger partial charge in [0.05, 0.1) is 0 Å².